The average Bonchev–Trinajstić information content (AvgIpc) is 2.69. The van der Waals surface area contributed by atoms with Gasteiger partial charge < -0.3 is 15.0 Å². The van der Waals surface area contributed by atoms with E-state index in [2.05, 4.69) is 64.6 Å². The Labute approximate surface area is 151 Å². The number of benzene rings is 1. The van der Waals surface area contributed by atoms with Crippen LogP contribution in [-0.2, 0) is 11.3 Å². The van der Waals surface area contributed by atoms with Crippen molar-refractivity contribution in [1.29, 1.82) is 0 Å². The second-order valence-corrected chi connectivity index (χ2v) is 6.69. The molecule has 0 bridgehead atoms. The van der Waals surface area contributed by atoms with Crippen molar-refractivity contribution in [1.82, 2.24) is 10.3 Å². The van der Waals surface area contributed by atoms with E-state index in [-0.39, 0.29) is 0 Å². The second-order valence-electron chi connectivity index (χ2n) is 6.69. The normalized spacial score (nSPS) is 20.4. The van der Waals surface area contributed by atoms with Gasteiger partial charge in [0.2, 0.25) is 0 Å². The van der Waals surface area contributed by atoms with Gasteiger partial charge in [0.15, 0.2) is 0 Å². The van der Waals surface area contributed by atoms with Crippen molar-refractivity contribution >= 4 is 5.82 Å². The molecule has 2 heterocycles. The number of anilines is 1. The highest BCUT2D eigenvalue weighted by Crippen LogP contribution is 2.18. The van der Waals surface area contributed by atoms with E-state index < -0.39 is 0 Å². The van der Waals surface area contributed by atoms with Gasteiger partial charge in [0.05, 0.1) is 6.61 Å². The largest absolute Gasteiger partial charge is 0.381 e. The predicted octanol–water partition coefficient (Wildman–Crippen LogP) is 3.49. The molecule has 134 valence electrons. The Morgan fingerprint density at radius 3 is 2.76 bits per heavy atom. The number of hydrogen-bond acceptors (Lipinski definition) is 4. The van der Waals surface area contributed by atoms with Gasteiger partial charge in [0, 0.05) is 38.5 Å². The lowest BCUT2D eigenvalue weighted by molar-refractivity contribution is 0.0309. The van der Waals surface area contributed by atoms with Crippen LogP contribution in [-0.4, -0.2) is 37.3 Å². The Hall–Kier alpha value is -1.91. The fourth-order valence-corrected chi connectivity index (χ4v) is 3.47. The number of nitrogens with one attached hydrogen (secondary N) is 1. The molecule has 0 aliphatic carbocycles. The van der Waals surface area contributed by atoms with E-state index in [0.29, 0.717) is 12.0 Å². The fourth-order valence-electron chi connectivity index (χ4n) is 3.47. The third-order valence-corrected chi connectivity index (χ3v) is 4.98. The molecule has 1 aliphatic rings. The summed E-state index contributed by atoms with van der Waals surface area (Å²) in [5.41, 5.74) is 1.31. The van der Waals surface area contributed by atoms with E-state index in [0.717, 1.165) is 45.1 Å². The van der Waals surface area contributed by atoms with Crippen LogP contribution < -0.4 is 10.2 Å². The van der Waals surface area contributed by atoms with Crippen LogP contribution in [0.2, 0.25) is 0 Å². The Kier molecular flexibility index (Phi) is 6.83. The average molecular weight is 339 g/mol. The number of ether oxygens (including phenoxy) is 1. The molecule has 4 heteroatoms. The quantitative estimate of drug-likeness (QED) is 0.799. The lowest BCUT2D eigenvalue weighted by Gasteiger charge is -2.32. The monoisotopic (exact) mass is 339 g/mol. The van der Waals surface area contributed by atoms with Crippen LogP contribution in [0, 0.1) is 5.92 Å². The van der Waals surface area contributed by atoms with Gasteiger partial charge in [-0.15, -0.1) is 0 Å². The molecule has 1 saturated heterocycles. The summed E-state index contributed by atoms with van der Waals surface area (Å²) in [6.07, 6.45) is 4.15. The van der Waals surface area contributed by atoms with E-state index >= 15 is 0 Å². The Morgan fingerprint density at radius 1 is 1.16 bits per heavy atom. The molecule has 0 amide bonds. The smallest absolute Gasteiger partial charge is 0.128 e. The zero-order valence-corrected chi connectivity index (χ0v) is 15.1. The van der Waals surface area contributed by atoms with Crippen molar-refractivity contribution in [3.8, 4) is 0 Å². The Bertz CT molecular complexity index is 605. The van der Waals surface area contributed by atoms with Crippen LogP contribution in [0.4, 0.5) is 5.82 Å². The molecular formula is C21H29N3O. The van der Waals surface area contributed by atoms with E-state index in [1.54, 1.807) is 0 Å². The van der Waals surface area contributed by atoms with Crippen LogP contribution in [0.5, 0.6) is 0 Å². The van der Waals surface area contributed by atoms with Crippen LogP contribution in [0.25, 0.3) is 0 Å². The van der Waals surface area contributed by atoms with Crippen LogP contribution >= 0.6 is 0 Å². The van der Waals surface area contributed by atoms with Gasteiger partial charge >= 0.3 is 0 Å². The van der Waals surface area contributed by atoms with Crippen molar-refractivity contribution < 1.29 is 4.74 Å². The summed E-state index contributed by atoms with van der Waals surface area (Å²) in [5.74, 6) is 1.67. The Balaban J connectivity index is 1.60. The molecule has 1 fully saturated rings. The standard InChI is InChI=1S/C21H29N3O/c1-2-19-17-25-15-11-20(19)22-13-14-24(21-10-6-7-12-23-21)16-18-8-4-3-5-9-18/h3-10,12,19-20,22H,2,11,13-17H2,1H3. The third kappa shape index (κ3) is 5.28. The topological polar surface area (TPSA) is 37.4 Å². The molecule has 1 aromatic heterocycles. The predicted molar refractivity (Wildman–Crippen MR) is 103 cm³/mol. The summed E-state index contributed by atoms with van der Waals surface area (Å²) < 4.78 is 5.62. The van der Waals surface area contributed by atoms with E-state index in [4.69, 9.17) is 4.74 Å². The van der Waals surface area contributed by atoms with Crippen LogP contribution in [0.15, 0.2) is 54.7 Å². The molecule has 2 unspecified atom stereocenters. The minimum Gasteiger partial charge on any atom is -0.381 e. The molecule has 1 aliphatic heterocycles. The third-order valence-electron chi connectivity index (χ3n) is 4.98. The molecule has 0 radical (unpaired) electrons. The highest BCUT2D eigenvalue weighted by atomic mass is 16.5. The fraction of sp³-hybridized carbons (Fsp3) is 0.476. The summed E-state index contributed by atoms with van der Waals surface area (Å²) in [4.78, 5) is 6.90. The SMILES string of the molecule is CCC1COCCC1NCCN(Cc1ccccc1)c1ccccn1. The molecule has 1 aromatic carbocycles. The maximum Gasteiger partial charge on any atom is 0.128 e. The summed E-state index contributed by atoms with van der Waals surface area (Å²) in [6, 6.07) is 17.3. The molecule has 0 saturated carbocycles. The van der Waals surface area contributed by atoms with Gasteiger partial charge in [-0.25, -0.2) is 4.98 Å². The van der Waals surface area contributed by atoms with Crippen LogP contribution in [0.1, 0.15) is 25.3 Å². The molecule has 2 aromatic rings. The lowest BCUT2D eigenvalue weighted by Crippen LogP contribution is -2.45. The summed E-state index contributed by atoms with van der Waals surface area (Å²) in [6.45, 7) is 6.81. The van der Waals surface area contributed by atoms with Crippen molar-refractivity contribution in [3.63, 3.8) is 0 Å². The Morgan fingerprint density at radius 2 is 2.00 bits per heavy atom. The molecule has 1 N–H and O–H groups in total. The molecule has 25 heavy (non-hydrogen) atoms. The number of pyridine rings is 1. The highest BCUT2D eigenvalue weighted by molar-refractivity contribution is 5.39. The number of rotatable bonds is 8. The first kappa shape index (κ1) is 17.9. The van der Waals surface area contributed by atoms with Gasteiger partial charge in [-0.3, -0.25) is 0 Å². The zero-order chi connectivity index (χ0) is 17.3. The van der Waals surface area contributed by atoms with Crippen molar-refractivity contribution in [2.75, 3.05) is 31.2 Å². The highest BCUT2D eigenvalue weighted by Gasteiger charge is 2.23. The first-order valence-corrected chi connectivity index (χ1v) is 9.38. The van der Waals surface area contributed by atoms with Gasteiger partial charge in [-0.2, -0.15) is 0 Å². The van der Waals surface area contributed by atoms with Crippen molar-refractivity contribution in [3.05, 3.63) is 60.3 Å². The van der Waals surface area contributed by atoms with E-state index in [1.807, 2.05) is 12.3 Å². The van der Waals surface area contributed by atoms with Gasteiger partial charge in [0.25, 0.3) is 0 Å². The molecule has 3 rings (SSSR count). The first-order valence-electron chi connectivity index (χ1n) is 9.38. The van der Waals surface area contributed by atoms with Crippen molar-refractivity contribution in [2.45, 2.75) is 32.4 Å². The summed E-state index contributed by atoms with van der Waals surface area (Å²) >= 11 is 0. The van der Waals surface area contributed by atoms with Crippen molar-refractivity contribution in [2.24, 2.45) is 5.92 Å². The minimum absolute atomic E-state index is 0.570. The van der Waals surface area contributed by atoms with Gasteiger partial charge in [0.1, 0.15) is 5.82 Å². The summed E-state index contributed by atoms with van der Waals surface area (Å²) in [5, 5.41) is 3.76. The van der Waals surface area contributed by atoms with E-state index in [1.165, 1.54) is 12.0 Å². The molecular weight excluding hydrogens is 310 g/mol. The van der Waals surface area contributed by atoms with E-state index in [9.17, 15) is 0 Å². The summed E-state index contributed by atoms with van der Waals surface area (Å²) in [7, 11) is 0. The number of nitrogens with zero attached hydrogens (tertiary/aromatic N) is 2. The second kappa shape index (κ2) is 9.54. The minimum atomic E-state index is 0.570. The van der Waals surface area contributed by atoms with Gasteiger partial charge in [-0.1, -0.05) is 43.3 Å². The number of hydrogen-bond donors (Lipinski definition) is 1. The maximum atomic E-state index is 5.62. The maximum absolute atomic E-state index is 5.62. The zero-order valence-electron chi connectivity index (χ0n) is 15.1. The molecule has 4 nitrogen and oxygen atoms in total. The molecule has 2 atom stereocenters. The molecule has 0 spiro atoms. The van der Waals surface area contributed by atoms with Gasteiger partial charge in [-0.05, 0) is 36.5 Å². The lowest BCUT2D eigenvalue weighted by atomic mass is 9.93. The van der Waals surface area contributed by atoms with Crippen LogP contribution in [0.3, 0.4) is 0 Å². The first-order chi connectivity index (χ1) is 12.4. The number of aromatic nitrogens is 1.